The molecule has 0 aromatic heterocycles. The molecule has 0 radical (unpaired) electrons. The molecule has 0 aliphatic carbocycles. The van der Waals surface area contributed by atoms with E-state index in [0.717, 1.165) is 19.6 Å². The molecule has 1 aliphatic rings. The highest BCUT2D eigenvalue weighted by molar-refractivity contribution is 4.81. The Morgan fingerprint density at radius 3 is 2.50 bits per heavy atom. The standard InChI is InChI=1S/C13H29N3/c1-4-6-13(3,5-2)15-9-12-16-10-7-14-8-11-16/h14-15H,4-12H2,1-3H3. The molecule has 2 N–H and O–H groups in total. The van der Waals surface area contributed by atoms with Crippen LogP contribution in [0.5, 0.6) is 0 Å². The van der Waals surface area contributed by atoms with Crippen molar-refractivity contribution in [1.29, 1.82) is 0 Å². The van der Waals surface area contributed by atoms with Gasteiger partial charge in [0, 0.05) is 44.8 Å². The molecule has 0 spiro atoms. The molecule has 1 saturated heterocycles. The number of piperazine rings is 1. The molecule has 0 saturated carbocycles. The molecule has 1 aliphatic heterocycles. The maximum atomic E-state index is 3.73. The molecular formula is C13H29N3. The van der Waals surface area contributed by atoms with Crippen LogP contribution in [0.4, 0.5) is 0 Å². The summed E-state index contributed by atoms with van der Waals surface area (Å²) in [6.07, 6.45) is 3.78. The third kappa shape index (κ3) is 4.81. The predicted octanol–water partition coefficient (Wildman–Crippen LogP) is 1.45. The molecule has 3 heteroatoms. The maximum Gasteiger partial charge on any atom is 0.0151 e. The largest absolute Gasteiger partial charge is 0.314 e. The third-order valence-electron chi connectivity index (χ3n) is 3.77. The summed E-state index contributed by atoms with van der Waals surface area (Å²) in [7, 11) is 0. The van der Waals surface area contributed by atoms with Crippen molar-refractivity contribution in [3.05, 3.63) is 0 Å². The van der Waals surface area contributed by atoms with E-state index >= 15 is 0 Å². The van der Waals surface area contributed by atoms with Crippen LogP contribution in [-0.4, -0.2) is 49.7 Å². The van der Waals surface area contributed by atoms with Crippen molar-refractivity contribution in [3.8, 4) is 0 Å². The summed E-state index contributed by atoms with van der Waals surface area (Å²) in [6, 6.07) is 0. The molecule has 96 valence electrons. The summed E-state index contributed by atoms with van der Waals surface area (Å²) < 4.78 is 0. The number of hydrogen-bond acceptors (Lipinski definition) is 3. The van der Waals surface area contributed by atoms with E-state index in [-0.39, 0.29) is 0 Å². The van der Waals surface area contributed by atoms with Crippen molar-refractivity contribution in [2.75, 3.05) is 39.3 Å². The predicted molar refractivity (Wildman–Crippen MR) is 70.9 cm³/mol. The van der Waals surface area contributed by atoms with Gasteiger partial charge in [-0.15, -0.1) is 0 Å². The third-order valence-corrected chi connectivity index (χ3v) is 3.77. The zero-order valence-electron chi connectivity index (χ0n) is 11.3. The lowest BCUT2D eigenvalue weighted by Gasteiger charge is -2.32. The van der Waals surface area contributed by atoms with Crippen molar-refractivity contribution in [2.45, 2.75) is 45.6 Å². The lowest BCUT2D eigenvalue weighted by Crippen LogP contribution is -2.49. The zero-order chi connectivity index (χ0) is 11.9. The van der Waals surface area contributed by atoms with Crippen molar-refractivity contribution in [3.63, 3.8) is 0 Å². The molecule has 0 aromatic rings. The highest BCUT2D eigenvalue weighted by atomic mass is 15.2. The first-order valence-electron chi connectivity index (χ1n) is 6.88. The number of hydrogen-bond donors (Lipinski definition) is 2. The number of nitrogens with one attached hydrogen (secondary N) is 2. The van der Waals surface area contributed by atoms with Crippen LogP contribution in [0.25, 0.3) is 0 Å². The van der Waals surface area contributed by atoms with Gasteiger partial charge < -0.3 is 10.6 Å². The van der Waals surface area contributed by atoms with Crippen LogP contribution in [0.3, 0.4) is 0 Å². The molecule has 1 unspecified atom stereocenters. The lowest BCUT2D eigenvalue weighted by atomic mass is 9.93. The summed E-state index contributed by atoms with van der Waals surface area (Å²) in [6.45, 7) is 14.0. The maximum absolute atomic E-state index is 3.73. The molecule has 1 rings (SSSR count). The minimum Gasteiger partial charge on any atom is -0.314 e. The topological polar surface area (TPSA) is 27.3 Å². The second kappa shape index (κ2) is 7.25. The van der Waals surface area contributed by atoms with Crippen LogP contribution in [0.2, 0.25) is 0 Å². The van der Waals surface area contributed by atoms with Gasteiger partial charge >= 0.3 is 0 Å². The van der Waals surface area contributed by atoms with E-state index in [1.54, 1.807) is 0 Å². The van der Waals surface area contributed by atoms with E-state index in [4.69, 9.17) is 0 Å². The van der Waals surface area contributed by atoms with Gasteiger partial charge in [-0.05, 0) is 19.8 Å². The first-order valence-corrected chi connectivity index (χ1v) is 6.88. The van der Waals surface area contributed by atoms with E-state index in [1.165, 1.54) is 38.9 Å². The Balaban J connectivity index is 2.16. The second-order valence-corrected chi connectivity index (χ2v) is 5.18. The van der Waals surface area contributed by atoms with Gasteiger partial charge in [-0.3, -0.25) is 4.90 Å². The summed E-state index contributed by atoms with van der Waals surface area (Å²) in [4.78, 5) is 2.55. The van der Waals surface area contributed by atoms with Crippen LogP contribution < -0.4 is 10.6 Å². The van der Waals surface area contributed by atoms with Crippen LogP contribution in [0.15, 0.2) is 0 Å². The van der Waals surface area contributed by atoms with E-state index in [2.05, 4.69) is 36.3 Å². The quantitative estimate of drug-likeness (QED) is 0.689. The van der Waals surface area contributed by atoms with Crippen molar-refractivity contribution in [1.82, 2.24) is 15.5 Å². The normalized spacial score (nSPS) is 21.9. The van der Waals surface area contributed by atoms with Gasteiger partial charge in [-0.2, -0.15) is 0 Å². The first kappa shape index (κ1) is 13.9. The average Bonchev–Trinajstić information content (AvgIpc) is 2.31. The number of rotatable bonds is 7. The Morgan fingerprint density at radius 2 is 1.94 bits per heavy atom. The van der Waals surface area contributed by atoms with Gasteiger partial charge in [-0.25, -0.2) is 0 Å². The van der Waals surface area contributed by atoms with Crippen molar-refractivity contribution < 1.29 is 0 Å². The fourth-order valence-corrected chi connectivity index (χ4v) is 2.39. The molecule has 16 heavy (non-hydrogen) atoms. The average molecular weight is 227 g/mol. The zero-order valence-corrected chi connectivity index (χ0v) is 11.3. The summed E-state index contributed by atoms with van der Waals surface area (Å²) in [5.74, 6) is 0. The van der Waals surface area contributed by atoms with Crippen LogP contribution in [-0.2, 0) is 0 Å². The molecule has 1 heterocycles. The minimum absolute atomic E-state index is 0.350. The lowest BCUT2D eigenvalue weighted by molar-refractivity contribution is 0.223. The molecule has 0 bridgehead atoms. The molecule has 0 aromatic carbocycles. The Morgan fingerprint density at radius 1 is 1.25 bits per heavy atom. The van der Waals surface area contributed by atoms with Gasteiger partial charge in [0.05, 0.1) is 0 Å². The van der Waals surface area contributed by atoms with E-state index in [1.807, 2.05) is 0 Å². The van der Waals surface area contributed by atoms with Gasteiger partial charge in [0.25, 0.3) is 0 Å². The molecule has 0 amide bonds. The van der Waals surface area contributed by atoms with Gasteiger partial charge in [-0.1, -0.05) is 20.3 Å². The van der Waals surface area contributed by atoms with Crippen LogP contribution in [0, 0.1) is 0 Å². The first-order chi connectivity index (χ1) is 7.70. The van der Waals surface area contributed by atoms with Gasteiger partial charge in [0.2, 0.25) is 0 Å². The van der Waals surface area contributed by atoms with E-state index < -0.39 is 0 Å². The summed E-state index contributed by atoms with van der Waals surface area (Å²) >= 11 is 0. The monoisotopic (exact) mass is 227 g/mol. The Kier molecular flexibility index (Phi) is 6.32. The molecule has 3 nitrogen and oxygen atoms in total. The summed E-state index contributed by atoms with van der Waals surface area (Å²) in [5.41, 5.74) is 0.350. The van der Waals surface area contributed by atoms with Crippen molar-refractivity contribution in [2.24, 2.45) is 0 Å². The van der Waals surface area contributed by atoms with Crippen LogP contribution in [0.1, 0.15) is 40.0 Å². The Bertz CT molecular complexity index is 178. The van der Waals surface area contributed by atoms with E-state index in [0.29, 0.717) is 5.54 Å². The molecule has 1 atom stereocenters. The SMILES string of the molecule is CCCC(C)(CC)NCCN1CCNCC1. The minimum atomic E-state index is 0.350. The molecular weight excluding hydrogens is 198 g/mol. The summed E-state index contributed by atoms with van der Waals surface area (Å²) in [5, 5.41) is 7.12. The van der Waals surface area contributed by atoms with Crippen LogP contribution >= 0.6 is 0 Å². The number of nitrogens with zero attached hydrogens (tertiary/aromatic N) is 1. The smallest absolute Gasteiger partial charge is 0.0151 e. The van der Waals surface area contributed by atoms with Crippen molar-refractivity contribution >= 4 is 0 Å². The van der Waals surface area contributed by atoms with E-state index in [9.17, 15) is 0 Å². The second-order valence-electron chi connectivity index (χ2n) is 5.18. The molecule has 1 fully saturated rings. The Hall–Kier alpha value is -0.120. The fourth-order valence-electron chi connectivity index (χ4n) is 2.39. The highest BCUT2D eigenvalue weighted by Crippen LogP contribution is 2.15. The van der Waals surface area contributed by atoms with Gasteiger partial charge in [0.15, 0.2) is 0 Å². The highest BCUT2D eigenvalue weighted by Gasteiger charge is 2.20. The fraction of sp³-hybridized carbons (Fsp3) is 1.00. The Labute approximate surface area is 101 Å². The van der Waals surface area contributed by atoms with Gasteiger partial charge in [0.1, 0.15) is 0 Å².